The normalized spacial score (nSPS) is 10.3. The Morgan fingerprint density at radius 2 is 1.85 bits per heavy atom. The van der Waals surface area contributed by atoms with Gasteiger partial charge in [0.2, 0.25) is 0 Å². The summed E-state index contributed by atoms with van der Waals surface area (Å²) in [5.41, 5.74) is 2.20. The van der Waals surface area contributed by atoms with E-state index in [0.29, 0.717) is 27.2 Å². The second-order valence-electron chi connectivity index (χ2n) is 5.33. The molecule has 1 amide bonds. The van der Waals surface area contributed by atoms with Gasteiger partial charge >= 0.3 is 0 Å². The van der Waals surface area contributed by atoms with E-state index >= 15 is 0 Å². The van der Waals surface area contributed by atoms with Gasteiger partial charge in [-0.2, -0.15) is 0 Å². The van der Waals surface area contributed by atoms with Gasteiger partial charge in [0.1, 0.15) is 11.4 Å². The highest BCUT2D eigenvalue weighted by atomic mass is 35.5. The highest BCUT2D eigenvalue weighted by Gasteiger charge is 2.11. The van der Waals surface area contributed by atoms with E-state index in [0.717, 1.165) is 5.69 Å². The fourth-order valence-electron chi connectivity index (χ4n) is 2.31. The fraction of sp³-hybridized carbons (Fsp3) is 0.0526. The van der Waals surface area contributed by atoms with Crippen molar-refractivity contribution in [3.63, 3.8) is 0 Å². The van der Waals surface area contributed by atoms with Gasteiger partial charge < -0.3 is 15.4 Å². The summed E-state index contributed by atoms with van der Waals surface area (Å²) in [6, 6.07) is 15.8. The first-order valence-electron chi connectivity index (χ1n) is 7.69. The Hall–Kier alpha value is -2.76. The van der Waals surface area contributed by atoms with Gasteiger partial charge in [0.25, 0.3) is 5.91 Å². The summed E-state index contributed by atoms with van der Waals surface area (Å²) < 4.78 is 5.31. The monoisotopic (exact) mass is 387 g/mol. The number of hydrogen-bond acceptors (Lipinski definition) is 4. The molecular weight excluding hydrogens is 373 g/mol. The number of para-hydroxylation sites is 2. The Balaban J connectivity index is 1.79. The topological polar surface area (TPSA) is 63.2 Å². The number of benzene rings is 2. The second-order valence-corrected chi connectivity index (χ2v) is 6.18. The van der Waals surface area contributed by atoms with Gasteiger partial charge in [-0.25, -0.2) is 0 Å². The van der Waals surface area contributed by atoms with E-state index in [2.05, 4.69) is 15.6 Å². The van der Waals surface area contributed by atoms with E-state index in [9.17, 15) is 4.79 Å². The third-order valence-corrected chi connectivity index (χ3v) is 4.11. The minimum Gasteiger partial charge on any atom is -0.495 e. The van der Waals surface area contributed by atoms with E-state index in [1.165, 1.54) is 0 Å². The van der Waals surface area contributed by atoms with Crippen LogP contribution in [0, 0.1) is 0 Å². The number of pyridine rings is 1. The van der Waals surface area contributed by atoms with E-state index < -0.39 is 0 Å². The van der Waals surface area contributed by atoms with Crippen LogP contribution in [0.15, 0.2) is 60.8 Å². The van der Waals surface area contributed by atoms with Crippen molar-refractivity contribution in [2.75, 3.05) is 17.7 Å². The van der Waals surface area contributed by atoms with Crippen LogP contribution in [0.5, 0.6) is 5.75 Å². The number of hydrogen-bond donors (Lipinski definition) is 2. The molecule has 1 aromatic heterocycles. The standard InChI is InChI=1S/C19H15Cl2N3O2/c1-26-18-5-3-2-4-16(18)23-13-8-9-22-17(11-13)19(25)24-15-7-6-12(20)10-14(15)21/h2-11H,1H3,(H,22,23)(H,24,25). The van der Waals surface area contributed by atoms with Gasteiger partial charge in [0.15, 0.2) is 0 Å². The van der Waals surface area contributed by atoms with Gasteiger partial charge in [0.05, 0.1) is 23.5 Å². The number of amides is 1. The van der Waals surface area contributed by atoms with Crippen LogP contribution in [-0.2, 0) is 0 Å². The zero-order valence-corrected chi connectivity index (χ0v) is 15.3. The summed E-state index contributed by atoms with van der Waals surface area (Å²) in [5, 5.41) is 6.79. The Kier molecular flexibility index (Phi) is 5.61. The number of carbonyl (C=O) groups is 1. The van der Waals surface area contributed by atoms with Gasteiger partial charge in [-0.15, -0.1) is 0 Å². The minimum absolute atomic E-state index is 0.246. The summed E-state index contributed by atoms with van der Waals surface area (Å²) in [5.74, 6) is 0.321. The van der Waals surface area contributed by atoms with E-state index in [1.807, 2.05) is 24.3 Å². The molecule has 0 saturated heterocycles. The lowest BCUT2D eigenvalue weighted by atomic mass is 10.2. The van der Waals surface area contributed by atoms with Crippen LogP contribution in [0.25, 0.3) is 0 Å². The maximum atomic E-state index is 12.5. The van der Waals surface area contributed by atoms with Crippen LogP contribution >= 0.6 is 23.2 Å². The van der Waals surface area contributed by atoms with Crippen molar-refractivity contribution in [3.8, 4) is 5.75 Å². The van der Waals surface area contributed by atoms with Crippen molar-refractivity contribution in [1.82, 2.24) is 4.98 Å². The van der Waals surface area contributed by atoms with Crippen molar-refractivity contribution >= 4 is 46.2 Å². The number of carbonyl (C=O) groups excluding carboxylic acids is 1. The van der Waals surface area contributed by atoms with Crippen LogP contribution in [0.4, 0.5) is 17.1 Å². The molecule has 2 aromatic carbocycles. The maximum absolute atomic E-state index is 12.5. The van der Waals surface area contributed by atoms with Gasteiger partial charge in [-0.3, -0.25) is 9.78 Å². The molecule has 0 aliphatic carbocycles. The molecule has 0 saturated carbocycles. The molecule has 0 radical (unpaired) electrons. The predicted octanol–water partition coefficient (Wildman–Crippen LogP) is 5.39. The molecule has 1 heterocycles. The quantitative estimate of drug-likeness (QED) is 0.615. The third kappa shape index (κ3) is 4.25. The van der Waals surface area contributed by atoms with Crippen molar-refractivity contribution in [2.24, 2.45) is 0 Å². The molecule has 0 aliphatic heterocycles. The summed E-state index contributed by atoms with van der Waals surface area (Å²) >= 11 is 12.0. The Morgan fingerprint density at radius 1 is 1.04 bits per heavy atom. The smallest absolute Gasteiger partial charge is 0.274 e. The summed E-state index contributed by atoms with van der Waals surface area (Å²) in [6.45, 7) is 0. The molecule has 26 heavy (non-hydrogen) atoms. The summed E-state index contributed by atoms with van der Waals surface area (Å²) in [7, 11) is 1.60. The first kappa shape index (κ1) is 18.0. The Bertz CT molecular complexity index is 948. The largest absolute Gasteiger partial charge is 0.495 e. The number of aromatic nitrogens is 1. The molecule has 3 rings (SSSR count). The molecule has 0 unspecified atom stereocenters. The number of nitrogens with one attached hydrogen (secondary N) is 2. The van der Waals surface area contributed by atoms with E-state index in [4.69, 9.17) is 27.9 Å². The van der Waals surface area contributed by atoms with Crippen molar-refractivity contribution in [1.29, 1.82) is 0 Å². The molecule has 0 fully saturated rings. The predicted molar refractivity (Wildman–Crippen MR) is 105 cm³/mol. The molecule has 0 aliphatic rings. The lowest BCUT2D eigenvalue weighted by Gasteiger charge is -2.12. The average Bonchev–Trinajstić information content (AvgIpc) is 2.64. The lowest BCUT2D eigenvalue weighted by molar-refractivity contribution is 0.102. The molecule has 0 atom stereocenters. The molecular formula is C19H15Cl2N3O2. The number of halogens is 2. The van der Waals surface area contributed by atoms with Crippen LogP contribution in [-0.4, -0.2) is 18.0 Å². The van der Waals surface area contributed by atoms with Crippen molar-refractivity contribution < 1.29 is 9.53 Å². The molecule has 5 nitrogen and oxygen atoms in total. The van der Waals surface area contributed by atoms with Crippen molar-refractivity contribution in [3.05, 3.63) is 76.5 Å². The molecule has 0 bridgehead atoms. The van der Waals surface area contributed by atoms with Crippen LogP contribution in [0.1, 0.15) is 10.5 Å². The molecule has 7 heteroatoms. The maximum Gasteiger partial charge on any atom is 0.274 e. The van der Waals surface area contributed by atoms with Crippen LogP contribution < -0.4 is 15.4 Å². The molecule has 2 N–H and O–H groups in total. The number of anilines is 3. The highest BCUT2D eigenvalue weighted by molar-refractivity contribution is 6.36. The van der Waals surface area contributed by atoms with Gasteiger partial charge in [0, 0.05) is 16.9 Å². The van der Waals surface area contributed by atoms with E-state index in [1.54, 1.807) is 43.6 Å². The lowest BCUT2D eigenvalue weighted by Crippen LogP contribution is -2.14. The number of methoxy groups -OCH3 is 1. The molecule has 3 aromatic rings. The molecule has 132 valence electrons. The average molecular weight is 388 g/mol. The SMILES string of the molecule is COc1ccccc1Nc1ccnc(C(=O)Nc2ccc(Cl)cc2Cl)c1. The number of rotatable bonds is 5. The molecule has 0 spiro atoms. The van der Waals surface area contributed by atoms with Gasteiger partial charge in [-0.05, 0) is 42.5 Å². The van der Waals surface area contributed by atoms with E-state index in [-0.39, 0.29) is 11.6 Å². The number of nitrogens with zero attached hydrogens (tertiary/aromatic N) is 1. The highest BCUT2D eigenvalue weighted by Crippen LogP contribution is 2.28. The van der Waals surface area contributed by atoms with Gasteiger partial charge in [-0.1, -0.05) is 35.3 Å². The first-order valence-corrected chi connectivity index (χ1v) is 8.45. The Morgan fingerprint density at radius 3 is 2.62 bits per heavy atom. The summed E-state index contributed by atoms with van der Waals surface area (Å²) in [6.07, 6.45) is 1.55. The van der Waals surface area contributed by atoms with Crippen LogP contribution in [0.3, 0.4) is 0 Å². The van der Waals surface area contributed by atoms with Crippen LogP contribution in [0.2, 0.25) is 10.0 Å². The third-order valence-electron chi connectivity index (χ3n) is 3.56. The fourth-order valence-corrected chi connectivity index (χ4v) is 2.77. The Labute approximate surface area is 160 Å². The van der Waals surface area contributed by atoms with Crippen molar-refractivity contribution in [2.45, 2.75) is 0 Å². The first-order chi connectivity index (χ1) is 12.6. The minimum atomic E-state index is -0.377. The summed E-state index contributed by atoms with van der Waals surface area (Å²) in [4.78, 5) is 16.6. The zero-order chi connectivity index (χ0) is 18.5. The number of ether oxygens (including phenoxy) is 1. The second kappa shape index (κ2) is 8.08. The zero-order valence-electron chi connectivity index (χ0n) is 13.8.